The molecule has 0 heterocycles. The van der Waals surface area contributed by atoms with Gasteiger partial charge in [-0.2, -0.15) is 0 Å². The first kappa shape index (κ1) is 9.54. The zero-order valence-electron chi connectivity index (χ0n) is 7.34. The number of rotatable bonds is 1. The normalized spacial score (nSPS) is 27.8. The molecule has 1 saturated carbocycles. The number of halogens is 2. The third-order valence-electron chi connectivity index (χ3n) is 2.69. The number of hydrogen-bond acceptors (Lipinski definition) is 0. The molecule has 0 aromatic heterocycles. The van der Waals surface area contributed by atoms with Crippen LogP contribution in [-0.2, 0) is 0 Å². The van der Waals surface area contributed by atoms with E-state index in [4.69, 9.17) is 11.6 Å². The van der Waals surface area contributed by atoms with Crippen molar-refractivity contribution in [2.24, 2.45) is 0 Å². The van der Waals surface area contributed by atoms with Crippen molar-refractivity contribution in [3.05, 3.63) is 34.3 Å². The number of hydrogen-bond donors (Lipinski definition) is 0. The maximum atomic E-state index is 6.08. The largest absolute Gasteiger partial charge is 0.123 e. The molecule has 1 aromatic rings. The van der Waals surface area contributed by atoms with Crippen molar-refractivity contribution in [2.75, 3.05) is 0 Å². The Kier molecular flexibility index (Phi) is 2.95. The summed E-state index contributed by atoms with van der Waals surface area (Å²) in [7, 11) is 0. The lowest BCUT2D eigenvalue weighted by Gasteiger charge is -2.09. The second kappa shape index (κ2) is 4.02. The van der Waals surface area contributed by atoms with Crippen LogP contribution in [0.4, 0.5) is 0 Å². The second-order valence-corrected chi connectivity index (χ2v) is 5.20. The molecule has 0 spiro atoms. The molecule has 1 aromatic carbocycles. The van der Waals surface area contributed by atoms with Crippen LogP contribution in [0.2, 0.25) is 0 Å². The molecule has 0 N–H and O–H groups in total. The molecule has 2 unspecified atom stereocenters. The van der Waals surface area contributed by atoms with Crippen molar-refractivity contribution in [3.63, 3.8) is 0 Å². The quantitative estimate of drug-likeness (QED) is 0.659. The van der Waals surface area contributed by atoms with E-state index in [2.05, 4.69) is 40.2 Å². The van der Waals surface area contributed by atoms with Gasteiger partial charge in [-0.1, -0.05) is 28.1 Å². The van der Waals surface area contributed by atoms with E-state index < -0.39 is 0 Å². The summed E-state index contributed by atoms with van der Waals surface area (Å²) in [6, 6.07) is 8.57. The maximum Gasteiger partial charge on any atom is 0.0342 e. The third kappa shape index (κ3) is 2.26. The van der Waals surface area contributed by atoms with E-state index in [1.165, 1.54) is 22.9 Å². The van der Waals surface area contributed by atoms with Crippen LogP contribution in [0.3, 0.4) is 0 Å². The fourth-order valence-electron chi connectivity index (χ4n) is 1.99. The van der Waals surface area contributed by atoms with Crippen LogP contribution in [-0.4, -0.2) is 5.38 Å². The fraction of sp³-hybridized carbons (Fsp3) is 0.455. The highest BCUT2D eigenvalue weighted by molar-refractivity contribution is 9.10. The summed E-state index contributed by atoms with van der Waals surface area (Å²) in [5, 5.41) is 0.393. The van der Waals surface area contributed by atoms with Gasteiger partial charge in [0, 0.05) is 9.85 Å². The molecular formula is C11H12BrCl. The molecule has 1 fully saturated rings. The highest BCUT2D eigenvalue weighted by Gasteiger charge is 2.23. The molecule has 2 heteroatoms. The van der Waals surface area contributed by atoms with Crippen molar-refractivity contribution < 1.29 is 0 Å². The van der Waals surface area contributed by atoms with Crippen molar-refractivity contribution in [1.29, 1.82) is 0 Å². The maximum absolute atomic E-state index is 6.08. The average molecular weight is 260 g/mol. The lowest BCUT2D eigenvalue weighted by Crippen LogP contribution is -1.93. The Bertz CT molecular complexity index is 298. The van der Waals surface area contributed by atoms with E-state index in [1.807, 2.05) is 0 Å². The Hall–Kier alpha value is -0.0100. The molecule has 2 atom stereocenters. The lowest BCUT2D eigenvalue weighted by molar-refractivity contribution is 0.724. The first-order chi connectivity index (χ1) is 6.25. The van der Waals surface area contributed by atoms with Gasteiger partial charge in [0.1, 0.15) is 0 Å². The van der Waals surface area contributed by atoms with Crippen LogP contribution < -0.4 is 0 Å². The Balaban J connectivity index is 2.16. The Morgan fingerprint density at radius 1 is 1.31 bits per heavy atom. The standard InChI is InChI=1S/C11H12BrCl/c12-10-3-1-2-8(6-10)9-4-5-11(13)7-9/h1-3,6,9,11H,4-5,7H2. The average Bonchev–Trinajstić information content (AvgIpc) is 2.52. The van der Waals surface area contributed by atoms with Gasteiger partial charge in [-0.15, -0.1) is 11.6 Å². The Morgan fingerprint density at radius 2 is 2.15 bits per heavy atom. The molecule has 0 saturated heterocycles. The van der Waals surface area contributed by atoms with Gasteiger partial charge in [-0.05, 0) is 42.9 Å². The van der Waals surface area contributed by atoms with Crippen molar-refractivity contribution in [3.8, 4) is 0 Å². The molecule has 1 aliphatic carbocycles. The summed E-state index contributed by atoms with van der Waals surface area (Å²) in [5.41, 5.74) is 1.43. The van der Waals surface area contributed by atoms with Crippen LogP contribution in [0.15, 0.2) is 28.7 Å². The van der Waals surface area contributed by atoms with Gasteiger partial charge in [0.2, 0.25) is 0 Å². The van der Waals surface area contributed by atoms with Gasteiger partial charge in [-0.25, -0.2) is 0 Å². The van der Waals surface area contributed by atoms with Gasteiger partial charge < -0.3 is 0 Å². The van der Waals surface area contributed by atoms with E-state index in [9.17, 15) is 0 Å². The fourth-order valence-corrected chi connectivity index (χ4v) is 2.75. The molecule has 0 nitrogen and oxygen atoms in total. The minimum Gasteiger partial charge on any atom is -0.123 e. The van der Waals surface area contributed by atoms with Crippen LogP contribution in [0, 0.1) is 0 Å². The number of benzene rings is 1. The minimum absolute atomic E-state index is 0.393. The van der Waals surface area contributed by atoms with Crippen LogP contribution in [0.1, 0.15) is 30.7 Å². The van der Waals surface area contributed by atoms with E-state index >= 15 is 0 Å². The third-order valence-corrected chi connectivity index (χ3v) is 3.58. The molecule has 13 heavy (non-hydrogen) atoms. The van der Waals surface area contributed by atoms with Gasteiger partial charge >= 0.3 is 0 Å². The zero-order chi connectivity index (χ0) is 9.26. The highest BCUT2D eigenvalue weighted by atomic mass is 79.9. The Labute approximate surface area is 92.4 Å². The van der Waals surface area contributed by atoms with Gasteiger partial charge in [-0.3, -0.25) is 0 Å². The highest BCUT2D eigenvalue weighted by Crippen LogP contribution is 2.37. The predicted octanol–water partition coefficient (Wildman–Crippen LogP) is 4.32. The zero-order valence-corrected chi connectivity index (χ0v) is 9.68. The number of alkyl halides is 1. The summed E-state index contributed by atoms with van der Waals surface area (Å²) in [6.45, 7) is 0. The van der Waals surface area contributed by atoms with Crippen molar-refractivity contribution in [2.45, 2.75) is 30.6 Å². The molecule has 1 aliphatic rings. The summed E-state index contributed by atoms with van der Waals surface area (Å²) >= 11 is 9.58. The predicted molar refractivity (Wildman–Crippen MR) is 60.4 cm³/mol. The SMILES string of the molecule is ClC1CCC(c2cccc(Br)c2)C1. The van der Waals surface area contributed by atoms with Gasteiger partial charge in [0.05, 0.1) is 0 Å². The topological polar surface area (TPSA) is 0 Å². The Morgan fingerprint density at radius 3 is 2.77 bits per heavy atom. The van der Waals surface area contributed by atoms with Crippen LogP contribution in [0.25, 0.3) is 0 Å². The first-order valence-electron chi connectivity index (χ1n) is 4.65. The van der Waals surface area contributed by atoms with Crippen molar-refractivity contribution >= 4 is 27.5 Å². The second-order valence-electron chi connectivity index (χ2n) is 3.66. The molecule has 0 radical (unpaired) electrons. The summed E-state index contributed by atoms with van der Waals surface area (Å²) < 4.78 is 1.17. The minimum atomic E-state index is 0.393. The van der Waals surface area contributed by atoms with E-state index in [1.54, 1.807) is 0 Å². The molecule has 70 valence electrons. The monoisotopic (exact) mass is 258 g/mol. The van der Waals surface area contributed by atoms with Crippen LogP contribution >= 0.6 is 27.5 Å². The van der Waals surface area contributed by atoms with E-state index in [0.29, 0.717) is 11.3 Å². The molecule has 0 bridgehead atoms. The van der Waals surface area contributed by atoms with Crippen molar-refractivity contribution in [1.82, 2.24) is 0 Å². The van der Waals surface area contributed by atoms with E-state index in [-0.39, 0.29) is 0 Å². The molecule has 0 amide bonds. The van der Waals surface area contributed by atoms with E-state index in [0.717, 1.165) is 6.42 Å². The molecular weight excluding hydrogens is 247 g/mol. The first-order valence-corrected chi connectivity index (χ1v) is 5.88. The van der Waals surface area contributed by atoms with Gasteiger partial charge in [0.15, 0.2) is 0 Å². The lowest BCUT2D eigenvalue weighted by atomic mass is 9.98. The summed E-state index contributed by atoms with van der Waals surface area (Å²) in [5.74, 6) is 0.681. The molecule has 0 aliphatic heterocycles. The summed E-state index contributed by atoms with van der Waals surface area (Å²) in [6.07, 6.45) is 3.54. The van der Waals surface area contributed by atoms with Crippen LogP contribution in [0.5, 0.6) is 0 Å². The molecule has 2 rings (SSSR count). The van der Waals surface area contributed by atoms with Gasteiger partial charge in [0.25, 0.3) is 0 Å². The smallest absolute Gasteiger partial charge is 0.0342 e. The summed E-state index contributed by atoms with van der Waals surface area (Å²) in [4.78, 5) is 0.